The molecule has 5 heteroatoms. The molecule has 1 aromatic rings. The highest BCUT2D eigenvalue weighted by molar-refractivity contribution is 6.28. The Bertz CT molecular complexity index is 306. The molecule has 0 amide bonds. The van der Waals surface area contributed by atoms with Gasteiger partial charge >= 0.3 is 0 Å². The Morgan fingerprint density at radius 2 is 2.36 bits per heavy atom. The molecule has 0 aliphatic rings. The maximum atomic E-state index is 9.34. The van der Waals surface area contributed by atoms with Crippen molar-refractivity contribution in [3.8, 4) is 0 Å². The van der Waals surface area contributed by atoms with Crippen molar-refractivity contribution in [1.82, 2.24) is 9.97 Å². The summed E-state index contributed by atoms with van der Waals surface area (Å²) in [7, 11) is 0. The highest BCUT2D eigenvalue weighted by Crippen LogP contribution is 2.12. The fraction of sp³-hybridized carbons (Fsp3) is 0.556. The third-order valence-electron chi connectivity index (χ3n) is 1.92. The third-order valence-corrected chi connectivity index (χ3v) is 2.10. The number of halogens is 1. The van der Waals surface area contributed by atoms with E-state index in [0.717, 1.165) is 5.56 Å². The number of aliphatic hydroxyl groups excluding tert-OH is 1. The molecule has 0 aliphatic heterocycles. The fourth-order valence-corrected chi connectivity index (χ4v) is 1.09. The molecule has 14 heavy (non-hydrogen) atoms. The minimum Gasteiger partial charge on any atom is -0.391 e. The van der Waals surface area contributed by atoms with Gasteiger partial charge in [0.15, 0.2) is 0 Å². The summed E-state index contributed by atoms with van der Waals surface area (Å²) in [6.07, 6.45) is 2.00. The van der Waals surface area contributed by atoms with Gasteiger partial charge in [-0.05, 0) is 24.9 Å². The minimum absolute atomic E-state index is 0.212. The Hall–Kier alpha value is -0.870. The smallest absolute Gasteiger partial charge is 0.224 e. The van der Waals surface area contributed by atoms with Crippen LogP contribution in [0.5, 0.6) is 0 Å². The second-order valence-corrected chi connectivity index (χ2v) is 3.45. The van der Waals surface area contributed by atoms with Crippen LogP contribution in [0.25, 0.3) is 0 Å². The van der Waals surface area contributed by atoms with Crippen LogP contribution in [0.2, 0.25) is 5.28 Å². The third kappa shape index (κ3) is 3.12. The first-order valence-electron chi connectivity index (χ1n) is 4.54. The molecule has 0 aromatic carbocycles. The van der Waals surface area contributed by atoms with E-state index in [2.05, 4.69) is 15.3 Å². The number of hydrogen-bond donors (Lipinski definition) is 2. The lowest BCUT2D eigenvalue weighted by Gasteiger charge is -2.11. The molecule has 1 heterocycles. The topological polar surface area (TPSA) is 58.0 Å². The van der Waals surface area contributed by atoms with Crippen molar-refractivity contribution in [1.29, 1.82) is 0 Å². The molecular weight excluding hydrogens is 202 g/mol. The molecule has 78 valence electrons. The number of aryl methyl sites for hydroxylation is 1. The summed E-state index contributed by atoms with van der Waals surface area (Å²) in [5, 5.41) is 12.6. The van der Waals surface area contributed by atoms with E-state index < -0.39 is 0 Å². The van der Waals surface area contributed by atoms with E-state index in [-0.39, 0.29) is 11.4 Å². The minimum atomic E-state index is -0.358. The van der Waals surface area contributed by atoms with Crippen LogP contribution in [-0.2, 0) is 0 Å². The van der Waals surface area contributed by atoms with Crippen LogP contribution in [-0.4, -0.2) is 27.7 Å². The van der Waals surface area contributed by atoms with Gasteiger partial charge < -0.3 is 10.4 Å². The first-order valence-corrected chi connectivity index (χ1v) is 4.92. The van der Waals surface area contributed by atoms with Gasteiger partial charge in [-0.2, -0.15) is 0 Å². The predicted molar refractivity (Wildman–Crippen MR) is 56.6 cm³/mol. The predicted octanol–water partition coefficient (Wildman–Crippen LogP) is 1.62. The van der Waals surface area contributed by atoms with E-state index in [1.165, 1.54) is 0 Å². The number of anilines is 1. The standard InChI is InChI=1S/C9H14ClN3O/c1-3-7(14)5-11-8-6(2)4-12-9(10)13-8/h4,7,14H,3,5H2,1-2H3,(H,11,12,13). The Balaban J connectivity index is 2.62. The maximum Gasteiger partial charge on any atom is 0.224 e. The summed E-state index contributed by atoms with van der Waals surface area (Å²) in [4.78, 5) is 7.85. The monoisotopic (exact) mass is 215 g/mol. The summed E-state index contributed by atoms with van der Waals surface area (Å²) in [5.74, 6) is 0.678. The summed E-state index contributed by atoms with van der Waals surface area (Å²) in [5.41, 5.74) is 0.915. The molecule has 0 fully saturated rings. The molecular formula is C9H14ClN3O. The van der Waals surface area contributed by atoms with Crippen LogP contribution in [0, 0.1) is 6.92 Å². The lowest BCUT2D eigenvalue weighted by atomic mass is 10.2. The quantitative estimate of drug-likeness (QED) is 0.750. The first-order chi connectivity index (χ1) is 6.63. The molecule has 0 radical (unpaired) electrons. The van der Waals surface area contributed by atoms with Crippen molar-refractivity contribution in [2.75, 3.05) is 11.9 Å². The zero-order valence-electron chi connectivity index (χ0n) is 8.29. The van der Waals surface area contributed by atoms with E-state index in [4.69, 9.17) is 11.6 Å². The van der Waals surface area contributed by atoms with Crippen LogP contribution in [0.3, 0.4) is 0 Å². The average molecular weight is 216 g/mol. The zero-order chi connectivity index (χ0) is 10.6. The van der Waals surface area contributed by atoms with Gasteiger partial charge in [0.2, 0.25) is 5.28 Å². The van der Waals surface area contributed by atoms with Gasteiger partial charge in [-0.1, -0.05) is 6.92 Å². The number of rotatable bonds is 4. The summed E-state index contributed by atoms with van der Waals surface area (Å²) < 4.78 is 0. The SMILES string of the molecule is CCC(O)CNc1nc(Cl)ncc1C. The van der Waals surface area contributed by atoms with Crippen molar-refractivity contribution in [2.45, 2.75) is 26.4 Å². The van der Waals surface area contributed by atoms with Crippen LogP contribution < -0.4 is 5.32 Å². The molecule has 0 bridgehead atoms. The Morgan fingerprint density at radius 3 is 3.00 bits per heavy atom. The molecule has 0 spiro atoms. The first kappa shape index (κ1) is 11.2. The number of aliphatic hydroxyl groups is 1. The van der Waals surface area contributed by atoms with Crippen LogP contribution in [0.15, 0.2) is 6.20 Å². The molecule has 1 unspecified atom stereocenters. The molecule has 0 saturated heterocycles. The lowest BCUT2D eigenvalue weighted by molar-refractivity contribution is 0.183. The van der Waals surface area contributed by atoms with Crippen molar-refractivity contribution in [3.05, 3.63) is 17.0 Å². The number of hydrogen-bond acceptors (Lipinski definition) is 4. The molecule has 1 atom stereocenters. The van der Waals surface area contributed by atoms with Crippen LogP contribution in [0.1, 0.15) is 18.9 Å². The molecule has 2 N–H and O–H groups in total. The van der Waals surface area contributed by atoms with Crippen molar-refractivity contribution >= 4 is 17.4 Å². The Morgan fingerprint density at radius 1 is 1.64 bits per heavy atom. The van der Waals surface area contributed by atoms with Gasteiger partial charge in [-0.3, -0.25) is 0 Å². The van der Waals surface area contributed by atoms with Crippen LogP contribution in [0.4, 0.5) is 5.82 Å². The Labute approximate surface area is 88.3 Å². The van der Waals surface area contributed by atoms with Gasteiger partial charge in [0.1, 0.15) is 5.82 Å². The largest absolute Gasteiger partial charge is 0.391 e. The van der Waals surface area contributed by atoms with Gasteiger partial charge in [0.05, 0.1) is 6.10 Å². The van der Waals surface area contributed by atoms with E-state index in [9.17, 15) is 5.11 Å². The number of nitrogens with one attached hydrogen (secondary N) is 1. The lowest BCUT2D eigenvalue weighted by Crippen LogP contribution is -2.19. The number of nitrogens with zero attached hydrogens (tertiary/aromatic N) is 2. The maximum absolute atomic E-state index is 9.34. The second kappa shape index (κ2) is 5.12. The van der Waals surface area contributed by atoms with Crippen molar-refractivity contribution < 1.29 is 5.11 Å². The number of aromatic nitrogens is 2. The summed E-state index contributed by atoms with van der Waals surface area (Å²) >= 11 is 5.64. The van der Waals surface area contributed by atoms with Gasteiger partial charge in [0, 0.05) is 18.3 Å². The summed E-state index contributed by atoms with van der Waals surface area (Å²) in [6, 6.07) is 0. The molecule has 0 aliphatic carbocycles. The van der Waals surface area contributed by atoms with E-state index in [0.29, 0.717) is 18.8 Å². The van der Waals surface area contributed by atoms with E-state index in [1.54, 1.807) is 6.20 Å². The highest BCUT2D eigenvalue weighted by Gasteiger charge is 2.04. The molecule has 4 nitrogen and oxygen atoms in total. The van der Waals surface area contributed by atoms with Crippen molar-refractivity contribution in [2.24, 2.45) is 0 Å². The second-order valence-electron chi connectivity index (χ2n) is 3.11. The van der Waals surface area contributed by atoms with E-state index >= 15 is 0 Å². The van der Waals surface area contributed by atoms with Gasteiger partial charge in [-0.15, -0.1) is 0 Å². The Kier molecular flexibility index (Phi) is 4.10. The molecule has 1 aromatic heterocycles. The molecule has 0 saturated carbocycles. The normalized spacial score (nSPS) is 12.6. The zero-order valence-corrected chi connectivity index (χ0v) is 9.04. The van der Waals surface area contributed by atoms with Crippen LogP contribution >= 0.6 is 11.6 Å². The van der Waals surface area contributed by atoms with Gasteiger partial charge in [-0.25, -0.2) is 9.97 Å². The van der Waals surface area contributed by atoms with E-state index in [1.807, 2.05) is 13.8 Å². The average Bonchev–Trinajstić information content (AvgIpc) is 2.19. The van der Waals surface area contributed by atoms with Crippen molar-refractivity contribution in [3.63, 3.8) is 0 Å². The summed E-state index contributed by atoms with van der Waals surface area (Å²) in [6.45, 7) is 4.29. The molecule has 1 rings (SSSR count). The fourth-order valence-electron chi connectivity index (χ4n) is 0.958. The highest BCUT2D eigenvalue weighted by atomic mass is 35.5. The van der Waals surface area contributed by atoms with Gasteiger partial charge in [0.25, 0.3) is 0 Å².